The van der Waals surface area contributed by atoms with Crippen LogP contribution in [0.1, 0.15) is 39.5 Å². The van der Waals surface area contributed by atoms with Gasteiger partial charge in [0.25, 0.3) is 0 Å². The zero-order valence-electron chi connectivity index (χ0n) is 12.8. The van der Waals surface area contributed by atoms with Crippen molar-refractivity contribution in [1.29, 1.82) is 0 Å². The summed E-state index contributed by atoms with van der Waals surface area (Å²) in [7, 11) is 0. The quantitative estimate of drug-likeness (QED) is 0.689. The lowest BCUT2D eigenvalue weighted by molar-refractivity contribution is -0.144. The third-order valence-corrected chi connectivity index (χ3v) is 4.93. The number of aliphatic hydroxyl groups is 1. The Hall–Kier alpha value is -1.30. The van der Waals surface area contributed by atoms with Gasteiger partial charge in [0.05, 0.1) is 5.92 Å². The number of carboxylic acid groups (broad SMARTS) is 1. The molecule has 2 rings (SSSR count). The maximum atomic E-state index is 12.4. The Morgan fingerprint density at radius 1 is 1.29 bits per heavy atom. The van der Waals surface area contributed by atoms with Crippen LogP contribution in [-0.4, -0.2) is 52.3 Å². The fraction of sp³-hybridized carbons (Fsp3) is 0.867. The number of carbonyl (C=O) groups excluding carboxylic acids is 1. The van der Waals surface area contributed by atoms with Crippen LogP contribution in [0, 0.1) is 17.8 Å². The smallest absolute Gasteiger partial charge is 0.317 e. The molecule has 2 saturated carbocycles. The van der Waals surface area contributed by atoms with Gasteiger partial charge in [0.2, 0.25) is 0 Å². The van der Waals surface area contributed by atoms with E-state index in [4.69, 9.17) is 5.11 Å². The van der Waals surface area contributed by atoms with Crippen LogP contribution in [-0.2, 0) is 4.79 Å². The van der Waals surface area contributed by atoms with Crippen LogP contribution in [0.25, 0.3) is 0 Å². The van der Waals surface area contributed by atoms with Gasteiger partial charge in [0.15, 0.2) is 0 Å². The van der Waals surface area contributed by atoms with E-state index in [0.717, 1.165) is 19.3 Å². The number of aliphatic hydroxyl groups excluding tert-OH is 1. The first-order valence-electron chi connectivity index (χ1n) is 7.86. The Morgan fingerprint density at radius 3 is 2.52 bits per heavy atom. The van der Waals surface area contributed by atoms with E-state index in [9.17, 15) is 14.7 Å². The standard InChI is InChI=1S/C15H26N2O4/c1-9(2)17(6-3-7-18)15(21)16-13-11-5-4-10(8-11)12(13)14(19)20/h9-13,18H,3-8H2,1-2H3,(H,16,21)(H,19,20). The van der Waals surface area contributed by atoms with Crippen molar-refractivity contribution in [2.45, 2.75) is 51.6 Å². The number of fused-ring (bicyclic) bond motifs is 2. The van der Waals surface area contributed by atoms with Gasteiger partial charge in [0, 0.05) is 25.2 Å². The highest BCUT2D eigenvalue weighted by molar-refractivity contribution is 5.78. The third kappa shape index (κ3) is 3.31. The fourth-order valence-corrected chi connectivity index (χ4v) is 3.92. The van der Waals surface area contributed by atoms with Crippen molar-refractivity contribution >= 4 is 12.0 Å². The number of amides is 2. The number of hydrogen-bond donors (Lipinski definition) is 3. The molecule has 0 aromatic rings. The number of carbonyl (C=O) groups is 2. The molecule has 0 aromatic heterocycles. The molecule has 3 N–H and O–H groups in total. The van der Waals surface area contributed by atoms with Crippen molar-refractivity contribution in [3.05, 3.63) is 0 Å². The average molecular weight is 298 g/mol. The summed E-state index contributed by atoms with van der Waals surface area (Å²) in [5.74, 6) is -0.729. The second kappa shape index (κ2) is 6.64. The number of rotatable bonds is 6. The molecular formula is C15H26N2O4. The van der Waals surface area contributed by atoms with Gasteiger partial charge in [-0.25, -0.2) is 4.79 Å². The van der Waals surface area contributed by atoms with Crippen LogP contribution >= 0.6 is 0 Å². The van der Waals surface area contributed by atoms with Crippen molar-refractivity contribution in [3.8, 4) is 0 Å². The van der Waals surface area contributed by atoms with Crippen LogP contribution < -0.4 is 5.32 Å². The molecule has 0 saturated heterocycles. The molecule has 0 aliphatic heterocycles. The van der Waals surface area contributed by atoms with Crippen LogP contribution in [0.3, 0.4) is 0 Å². The second-order valence-corrected chi connectivity index (χ2v) is 6.54. The van der Waals surface area contributed by atoms with E-state index < -0.39 is 11.9 Å². The van der Waals surface area contributed by atoms with Crippen LogP contribution in [0.2, 0.25) is 0 Å². The number of carboxylic acids is 1. The normalized spacial score (nSPS) is 30.7. The highest BCUT2D eigenvalue weighted by atomic mass is 16.4. The molecule has 0 radical (unpaired) electrons. The highest BCUT2D eigenvalue weighted by Crippen LogP contribution is 2.48. The minimum Gasteiger partial charge on any atom is -0.481 e. The number of nitrogens with zero attached hydrogens (tertiary/aromatic N) is 1. The summed E-state index contributed by atoms with van der Waals surface area (Å²) >= 11 is 0. The number of hydrogen-bond acceptors (Lipinski definition) is 3. The molecule has 6 nitrogen and oxygen atoms in total. The van der Waals surface area contributed by atoms with E-state index in [1.807, 2.05) is 13.8 Å². The van der Waals surface area contributed by atoms with Crippen molar-refractivity contribution in [1.82, 2.24) is 10.2 Å². The molecule has 0 aromatic carbocycles. The summed E-state index contributed by atoms with van der Waals surface area (Å²) < 4.78 is 0. The van der Waals surface area contributed by atoms with Gasteiger partial charge in [0.1, 0.15) is 0 Å². The Bertz CT molecular complexity index is 399. The lowest BCUT2D eigenvalue weighted by Crippen LogP contribution is -2.53. The van der Waals surface area contributed by atoms with Crippen LogP contribution in [0.15, 0.2) is 0 Å². The topological polar surface area (TPSA) is 89.9 Å². The first kappa shape index (κ1) is 16.1. The maximum absolute atomic E-state index is 12.4. The molecule has 0 heterocycles. The van der Waals surface area contributed by atoms with Gasteiger partial charge in [-0.3, -0.25) is 4.79 Å². The molecule has 2 aliphatic carbocycles. The molecule has 2 fully saturated rings. The molecule has 21 heavy (non-hydrogen) atoms. The minimum atomic E-state index is -0.793. The first-order chi connectivity index (χ1) is 9.95. The number of aliphatic carboxylic acids is 1. The maximum Gasteiger partial charge on any atom is 0.317 e. The van der Waals surface area contributed by atoms with Crippen molar-refractivity contribution < 1.29 is 19.8 Å². The summed E-state index contributed by atoms with van der Waals surface area (Å²) in [6.45, 7) is 4.37. The largest absolute Gasteiger partial charge is 0.481 e. The van der Waals surface area contributed by atoms with Gasteiger partial charge in [-0.15, -0.1) is 0 Å². The van der Waals surface area contributed by atoms with E-state index in [1.165, 1.54) is 0 Å². The fourth-order valence-electron chi connectivity index (χ4n) is 3.92. The summed E-state index contributed by atoms with van der Waals surface area (Å²) in [5, 5.41) is 21.3. The zero-order chi connectivity index (χ0) is 15.6. The van der Waals surface area contributed by atoms with Crippen LogP contribution in [0.5, 0.6) is 0 Å². The molecule has 4 unspecified atom stereocenters. The zero-order valence-corrected chi connectivity index (χ0v) is 12.8. The van der Waals surface area contributed by atoms with Gasteiger partial charge < -0.3 is 20.4 Å². The molecule has 4 atom stereocenters. The van der Waals surface area contributed by atoms with E-state index >= 15 is 0 Å². The Kier molecular flexibility index (Phi) is 5.08. The summed E-state index contributed by atoms with van der Waals surface area (Å²) in [6.07, 6.45) is 3.43. The molecule has 0 spiro atoms. The second-order valence-electron chi connectivity index (χ2n) is 6.54. The predicted molar refractivity (Wildman–Crippen MR) is 77.8 cm³/mol. The average Bonchev–Trinajstić information content (AvgIpc) is 2.99. The lowest BCUT2D eigenvalue weighted by Gasteiger charge is -2.33. The van der Waals surface area contributed by atoms with Crippen molar-refractivity contribution in [2.24, 2.45) is 17.8 Å². The Balaban J connectivity index is 2.01. The molecular weight excluding hydrogens is 272 g/mol. The van der Waals surface area contributed by atoms with E-state index in [0.29, 0.717) is 18.9 Å². The SMILES string of the molecule is CC(C)N(CCCO)C(=O)NC1C2CCC(C2)C1C(=O)O. The summed E-state index contributed by atoms with van der Waals surface area (Å²) in [4.78, 5) is 25.6. The molecule has 120 valence electrons. The van der Waals surface area contributed by atoms with Crippen LogP contribution in [0.4, 0.5) is 4.79 Å². The molecule has 2 amide bonds. The number of urea groups is 1. The first-order valence-corrected chi connectivity index (χ1v) is 7.86. The minimum absolute atomic E-state index is 0.0263. The predicted octanol–water partition coefficient (Wildman–Crippen LogP) is 1.29. The lowest BCUT2D eigenvalue weighted by atomic mass is 9.84. The summed E-state index contributed by atoms with van der Waals surface area (Å²) in [5.41, 5.74) is 0. The summed E-state index contributed by atoms with van der Waals surface area (Å²) in [6, 6.07) is -0.426. The molecule has 2 aliphatic rings. The molecule has 6 heteroatoms. The highest BCUT2D eigenvalue weighted by Gasteiger charge is 2.51. The Labute approximate surface area is 125 Å². The third-order valence-electron chi connectivity index (χ3n) is 4.93. The number of nitrogens with one attached hydrogen (secondary N) is 1. The van der Waals surface area contributed by atoms with Gasteiger partial charge in [-0.2, -0.15) is 0 Å². The van der Waals surface area contributed by atoms with E-state index in [1.54, 1.807) is 4.90 Å². The van der Waals surface area contributed by atoms with E-state index in [2.05, 4.69) is 5.32 Å². The van der Waals surface area contributed by atoms with E-state index in [-0.39, 0.29) is 30.6 Å². The van der Waals surface area contributed by atoms with Gasteiger partial charge in [-0.1, -0.05) is 0 Å². The van der Waals surface area contributed by atoms with Crippen molar-refractivity contribution in [2.75, 3.05) is 13.2 Å². The molecule has 2 bridgehead atoms. The van der Waals surface area contributed by atoms with Gasteiger partial charge in [-0.05, 0) is 51.4 Å². The van der Waals surface area contributed by atoms with Gasteiger partial charge >= 0.3 is 12.0 Å². The van der Waals surface area contributed by atoms with Crippen molar-refractivity contribution in [3.63, 3.8) is 0 Å². The Morgan fingerprint density at radius 2 is 1.95 bits per heavy atom. The monoisotopic (exact) mass is 298 g/mol.